The highest BCUT2D eigenvalue weighted by Gasteiger charge is 2.14. The maximum atomic E-state index is 11.7. The molecule has 0 fully saturated rings. The maximum absolute atomic E-state index is 11.7. The molecule has 0 atom stereocenters. The van der Waals surface area contributed by atoms with Gasteiger partial charge >= 0.3 is 0 Å². The van der Waals surface area contributed by atoms with E-state index in [0.717, 1.165) is 23.5 Å². The summed E-state index contributed by atoms with van der Waals surface area (Å²) < 4.78 is 1.82. The van der Waals surface area contributed by atoms with E-state index in [2.05, 4.69) is 17.3 Å². The van der Waals surface area contributed by atoms with Crippen LogP contribution in [0.3, 0.4) is 0 Å². The molecule has 0 unspecified atom stereocenters. The highest BCUT2D eigenvalue weighted by Crippen LogP contribution is 2.23. The monoisotopic (exact) mass is 272 g/mol. The van der Waals surface area contributed by atoms with E-state index in [-0.39, 0.29) is 5.91 Å². The van der Waals surface area contributed by atoms with Crippen LogP contribution in [0.2, 0.25) is 0 Å². The molecule has 0 aliphatic carbocycles. The molecule has 1 heterocycles. The summed E-state index contributed by atoms with van der Waals surface area (Å²) in [6.45, 7) is 6.11. The molecular weight excluding hydrogens is 252 g/mol. The molecular formula is C15H20N4O. The zero-order valence-corrected chi connectivity index (χ0v) is 12.3. The predicted octanol–water partition coefficient (Wildman–Crippen LogP) is 1.99. The molecule has 20 heavy (non-hydrogen) atoms. The van der Waals surface area contributed by atoms with Gasteiger partial charge in [0.15, 0.2) is 0 Å². The van der Waals surface area contributed by atoms with Crippen LogP contribution in [0.5, 0.6) is 0 Å². The minimum absolute atomic E-state index is 0.136. The second-order valence-electron chi connectivity index (χ2n) is 4.77. The van der Waals surface area contributed by atoms with Gasteiger partial charge in [0.05, 0.1) is 17.1 Å². The lowest BCUT2D eigenvalue weighted by Crippen LogP contribution is -2.18. The van der Waals surface area contributed by atoms with Crippen molar-refractivity contribution < 1.29 is 4.79 Å². The van der Waals surface area contributed by atoms with E-state index in [4.69, 9.17) is 5.73 Å². The summed E-state index contributed by atoms with van der Waals surface area (Å²) in [6, 6.07) is 5.22. The van der Waals surface area contributed by atoms with E-state index < -0.39 is 0 Å². The van der Waals surface area contributed by atoms with Gasteiger partial charge in [0, 0.05) is 18.3 Å². The van der Waals surface area contributed by atoms with Crippen molar-refractivity contribution in [2.75, 3.05) is 12.8 Å². The quantitative estimate of drug-likeness (QED) is 0.839. The van der Waals surface area contributed by atoms with Gasteiger partial charge in [-0.25, -0.2) is 4.68 Å². The molecule has 5 nitrogen and oxygen atoms in total. The number of hydrogen-bond acceptors (Lipinski definition) is 3. The first-order valence-electron chi connectivity index (χ1n) is 6.66. The first kappa shape index (κ1) is 14.1. The molecule has 3 N–H and O–H groups in total. The van der Waals surface area contributed by atoms with E-state index in [9.17, 15) is 4.79 Å². The van der Waals surface area contributed by atoms with Crippen LogP contribution in [0.4, 0.5) is 5.69 Å². The van der Waals surface area contributed by atoms with Gasteiger partial charge in [-0.15, -0.1) is 0 Å². The van der Waals surface area contributed by atoms with Crippen molar-refractivity contribution in [2.24, 2.45) is 0 Å². The molecule has 0 saturated heterocycles. The third-order valence-electron chi connectivity index (χ3n) is 3.54. The summed E-state index contributed by atoms with van der Waals surface area (Å²) in [5, 5.41) is 7.16. The summed E-state index contributed by atoms with van der Waals surface area (Å²) in [7, 11) is 1.61. The summed E-state index contributed by atoms with van der Waals surface area (Å²) in [5.41, 5.74) is 11.2. The van der Waals surface area contributed by atoms with Crippen LogP contribution in [0.25, 0.3) is 5.69 Å². The first-order valence-corrected chi connectivity index (χ1v) is 6.66. The van der Waals surface area contributed by atoms with Crippen LogP contribution >= 0.6 is 0 Å². The number of aryl methyl sites for hydroxylation is 1. The van der Waals surface area contributed by atoms with Gasteiger partial charge in [0.1, 0.15) is 0 Å². The molecule has 0 aliphatic heterocycles. The Bertz CT molecular complexity index is 658. The highest BCUT2D eigenvalue weighted by molar-refractivity contribution is 5.95. The zero-order valence-electron chi connectivity index (χ0n) is 12.3. The number of carbonyl (C=O) groups excluding carboxylic acids is 1. The molecule has 2 aromatic rings. The highest BCUT2D eigenvalue weighted by atomic mass is 16.1. The summed E-state index contributed by atoms with van der Waals surface area (Å²) in [4.78, 5) is 11.7. The van der Waals surface area contributed by atoms with Crippen molar-refractivity contribution in [1.29, 1.82) is 0 Å². The SMILES string of the molecule is CCc1c(C)nn(-c2cc(C(=O)NC)ccc2N)c1C. The lowest BCUT2D eigenvalue weighted by Gasteiger charge is -2.10. The predicted molar refractivity (Wildman–Crippen MR) is 80.2 cm³/mol. The number of nitrogen functional groups attached to an aromatic ring is 1. The minimum atomic E-state index is -0.136. The number of benzene rings is 1. The number of nitrogens with two attached hydrogens (primary N) is 1. The summed E-state index contributed by atoms with van der Waals surface area (Å²) in [5.74, 6) is -0.136. The third kappa shape index (κ3) is 2.27. The standard InChI is InChI=1S/C15H20N4O/c1-5-12-9(2)18-19(10(12)3)14-8-11(15(20)17-4)6-7-13(14)16/h6-8H,5,16H2,1-4H3,(H,17,20). The van der Waals surface area contributed by atoms with E-state index >= 15 is 0 Å². The lowest BCUT2D eigenvalue weighted by molar-refractivity contribution is 0.0963. The number of aromatic nitrogens is 2. The normalized spacial score (nSPS) is 10.6. The van der Waals surface area contributed by atoms with Gasteiger partial charge in [-0.1, -0.05) is 6.92 Å². The van der Waals surface area contributed by atoms with E-state index in [0.29, 0.717) is 11.3 Å². The van der Waals surface area contributed by atoms with Crippen LogP contribution in [-0.2, 0) is 6.42 Å². The van der Waals surface area contributed by atoms with Gasteiger partial charge in [-0.3, -0.25) is 4.79 Å². The number of nitrogens with one attached hydrogen (secondary N) is 1. The van der Waals surface area contributed by atoms with Gasteiger partial charge in [0.25, 0.3) is 5.91 Å². The van der Waals surface area contributed by atoms with Gasteiger partial charge < -0.3 is 11.1 Å². The Labute approximate surface area is 118 Å². The van der Waals surface area contributed by atoms with Gasteiger partial charge in [-0.05, 0) is 44.0 Å². The molecule has 0 bridgehead atoms. The van der Waals surface area contributed by atoms with Crippen LogP contribution in [-0.4, -0.2) is 22.7 Å². The van der Waals surface area contributed by atoms with E-state index in [1.165, 1.54) is 5.56 Å². The fourth-order valence-electron chi connectivity index (χ4n) is 2.43. The van der Waals surface area contributed by atoms with Crippen molar-refractivity contribution >= 4 is 11.6 Å². The van der Waals surface area contributed by atoms with Gasteiger partial charge in [0.2, 0.25) is 0 Å². The molecule has 0 radical (unpaired) electrons. The molecule has 1 amide bonds. The second kappa shape index (κ2) is 5.36. The van der Waals surface area contributed by atoms with Gasteiger partial charge in [-0.2, -0.15) is 5.10 Å². The Hall–Kier alpha value is -2.30. The molecule has 0 saturated carbocycles. The summed E-state index contributed by atoms with van der Waals surface area (Å²) >= 11 is 0. The largest absolute Gasteiger partial charge is 0.397 e. The van der Waals surface area contributed by atoms with Crippen molar-refractivity contribution in [3.05, 3.63) is 40.7 Å². The second-order valence-corrected chi connectivity index (χ2v) is 4.77. The number of rotatable bonds is 3. The Morgan fingerprint density at radius 3 is 2.65 bits per heavy atom. The average Bonchev–Trinajstić information content (AvgIpc) is 2.73. The van der Waals surface area contributed by atoms with Crippen LogP contribution in [0.15, 0.2) is 18.2 Å². The minimum Gasteiger partial charge on any atom is -0.397 e. The van der Waals surface area contributed by atoms with E-state index in [1.54, 1.807) is 25.2 Å². The lowest BCUT2D eigenvalue weighted by atomic mass is 10.1. The number of nitrogens with zero attached hydrogens (tertiary/aromatic N) is 2. The number of carbonyl (C=O) groups is 1. The van der Waals surface area contributed by atoms with Crippen molar-refractivity contribution in [2.45, 2.75) is 27.2 Å². The van der Waals surface area contributed by atoms with Crippen molar-refractivity contribution in [3.8, 4) is 5.69 Å². The molecule has 1 aromatic heterocycles. The molecule has 2 rings (SSSR count). The molecule has 1 aromatic carbocycles. The molecule has 5 heteroatoms. The maximum Gasteiger partial charge on any atom is 0.251 e. The first-order chi connectivity index (χ1) is 9.49. The Morgan fingerprint density at radius 2 is 2.10 bits per heavy atom. The van der Waals surface area contributed by atoms with Crippen LogP contribution in [0, 0.1) is 13.8 Å². The number of amides is 1. The van der Waals surface area contributed by atoms with Crippen molar-refractivity contribution in [1.82, 2.24) is 15.1 Å². The average molecular weight is 272 g/mol. The topological polar surface area (TPSA) is 72.9 Å². The van der Waals surface area contributed by atoms with Crippen LogP contribution < -0.4 is 11.1 Å². The third-order valence-corrected chi connectivity index (χ3v) is 3.54. The molecule has 0 spiro atoms. The smallest absolute Gasteiger partial charge is 0.251 e. The molecule has 106 valence electrons. The van der Waals surface area contributed by atoms with Crippen molar-refractivity contribution in [3.63, 3.8) is 0 Å². The Kier molecular flexibility index (Phi) is 3.79. The number of hydrogen-bond donors (Lipinski definition) is 2. The Morgan fingerprint density at radius 1 is 1.40 bits per heavy atom. The zero-order chi connectivity index (χ0) is 14.9. The summed E-state index contributed by atoms with van der Waals surface area (Å²) in [6.07, 6.45) is 0.923. The number of anilines is 1. The van der Waals surface area contributed by atoms with Crippen LogP contribution in [0.1, 0.15) is 34.2 Å². The van der Waals surface area contributed by atoms with E-state index in [1.807, 2.05) is 18.5 Å². The molecule has 0 aliphatic rings. The fraction of sp³-hybridized carbons (Fsp3) is 0.333. The fourth-order valence-corrected chi connectivity index (χ4v) is 2.43. The Balaban J connectivity index is 2.60.